The van der Waals surface area contributed by atoms with Gasteiger partial charge < -0.3 is 9.64 Å². The van der Waals surface area contributed by atoms with Gasteiger partial charge in [0.1, 0.15) is 5.75 Å². The second-order valence-electron chi connectivity index (χ2n) is 8.31. The topological polar surface area (TPSA) is 84.4 Å². The average molecular weight is 487 g/mol. The van der Waals surface area contributed by atoms with E-state index in [9.17, 15) is 8.42 Å². The molecule has 35 heavy (non-hydrogen) atoms. The summed E-state index contributed by atoms with van der Waals surface area (Å²) in [6, 6.07) is 27.2. The minimum atomic E-state index is -3.87. The second-order valence-corrected chi connectivity index (χ2v) is 10.00. The van der Waals surface area contributed by atoms with Crippen LogP contribution >= 0.6 is 0 Å². The van der Waals surface area contributed by atoms with Crippen molar-refractivity contribution in [3.8, 4) is 22.9 Å². The predicted molar refractivity (Wildman–Crippen MR) is 137 cm³/mol. The largest absolute Gasteiger partial charge is 0.439 e. The zero-order valence-corrected chi connectivity index (χ0v) is 20.0. The number of nitrogens with one attached hydrogen (secondary N) is 1. The van der Waals surface area contributed by atoms with Gasteiger partial charge in [0, 0.05) is 30.4 Å². The van der Waals surface area contributed by atoms with E-state index in [-0.39, 0.29) is 16.7 Å². The summed E-state index contributed by atoms with van der Waals surface area (Å²) in [5.74, 6) is 0.796. The van der Waals surface area contributed by atoms with Crippen LogP contribution in [0.3, 0.4) is 0 Å². The molecule has 0 atom stereocenters. The van der Waals surface area contributed by atoms with Gasteiger partial charge in [-0.1, -0.05) is 54.6 Å². The Morgan fingerprint density at radius 1 is 0.771 bits per heavy atom. The lowest BCUT2D eigenvalue weighted by Crippen LogP contribution is -2.29. The maximum absolute atomic E-state index is 13.0. The number of rotatable bonds is 7. The van der Waals surface area contributed by atoms with Crippen LogP contribution < -0.4 is 14.4 Å². The highest BCUT2D eigenvalue weighted by atomic mass is 32.2. The van der Waals surface area contributed by atoms with Crippen molar-refractivity contribution in [3.05, 3.63) is 91.0 Å². The van der Waals surface area contributed by atoms with Crippen LogP contribution in [-0.2, 0) is 10.0 Å². The van der Waals surface area contributed by atoms with Gasteiger partial charge in [-0.05, 0) is 49.6 Å². The Bertz CT molecular complexity index is 1390. The third kappa shape index (κ3) is 5.44. The smallest absolute Gasteiger partial charge is 0.264 e. The zero-order chi connectivity index (χ0) is 24.1. The van der Waals surface area contributed by atoms with Crippen molar-refractivity contribution in [1.82, 2.24) is 9.97 Å². The van der Waals surface area contributed by atoms with Gasteiger partial charge in [-0.2, -0.15) is 4.98 Å². The van der Waals surface area contributed by atoms with E-state index in [0.717, 1.165) is 37.2 Å². The van der Waals surface area contributed by atoms with Crippen LogP contribution in [0.15, 0.2) is 95.9 Å². The van der Waals surface area contributed by atoms with Crippen molar-refractivity contribution in [2.24, 2.45) is 0 Å². The molecule has 0 aliphatic carbocycles. The van der Waals surface area contributed by atoms with E-state index in [2.05, 4.69) is 25.7 Å². The molecule has 1 aromatic heterocycles. The van der Waals surface area contributed by atoms with E-state index in [1.165, 1.54) is 18.6 Å². The molecule has 4 aromatic rings. The minimum absolute atomic E-state index is 0.0502. The number of aromatic nitrogens is 2. The Balaban J connectivity index is 1.57. The first-order chi connectivity index (χ1) is 17.1. The monoisotopic (exact) mass is 486 g/mol. The lowest BCUT2D eigenvalue weighted by atomic mass is 10.0. The number of hydrogen-bond acceptors (Lipinski definition) is 6. The maximum Gasteiger partial charge on any atom is 0.264 e. The molecule has 1 saturated heterocycles. The first kappa shape index (κ1) is 22.9. The average Bonchev–Trinajstić information content (AvgIpc) is 2.90. The van der Waals surface area contributed by atoms with Crippen molar-refractivity contribution in [2.75, 3.05) is 22.7 Å². The van der Waals surface area contributed by atoms with Crippen LogP contribution in [0.25, 0.3) is 11.3 Å². The molecule has 178 valence electrons. The quantitative estimate of drug-likeness (QED) is 0.359. The van der Waals surface area contributed by atoms with Gasteiger partial charge in [0.2, 0.25) is 11.8 Å². The Morgan fingerprint density at radius 3 is 2.17 bits per heavy atom. The van der Waals surface area contributed by atoms with E-state index in [0.29, 0.717) is 11.4 Å². The summed E-state index contributed by atoms with van der Waals surface area (Å²) >= 11 is 0. The lowest BCUT2D eigenvalue weighted by molar-refractivity contribution is 0.463. The van der Waals surface area contributed by atoms with Crippen LogP contribution in [0.2, 0.25) is 0 Å². The maximum atomic E-state index is 13.0. The molecule has 0 radical (unpaired) electrons. The third-order valence-electron chi connectivity index (χ3n) is 5.82. The standard InChI is InChI=1S/C27H26N4O3S/c32-35(33,22-14-6-2-7-15-22)30-27-28-24(20-26(29-27)34-21-12-4-1-5-13-21)23-16-8-9-17-25(23)31-18-10-3-11-19-31/h1-2,4-9,12-17,20H,3,10-11,18-19H2,(H,28,29,30). The van der Waals surface area contributed by atoms with E-state index >= 15 is 0 Å². The fourth-order valence-corrected chi connectivity index (χ4v) is 5.11. The molecule has 5 rings (SSSR count). The summed E-state index contributed by atoms with van der Waals surface area (Å²) in [7, 11) is -3.87. The molecule has 0 amide bonds. The number of para-hydroxylation sites is 2. The Morgan fingerprint density at radius 2 is 1.43 bits per heavy atom. The normalized spacial score (nSPS) is 13.9. The molecule has 1 fully saturated rings. The van der Waals surface area contributed by atoms with Crippen molar-refractivity contribution < 1.29 is 13.2 Å². The van der Waals surface area contributed by atoms with Crippen molar-refractivity contribution in [1.29, 1.82) is 0 Å². The lowest BCUT2D eigenvalue weighted by Gasteiger charge is -2.30. The van der Waals surface area contributed by atoms with Gasteiger partial charge in [0.05, 0.1) is 10.6 Å². The third-order valence-corrected chi connectivity index (χ3v) is 7.17. The number of anilines is 2. The second kappa shape index (κ2) is 10.1. The fraction of sp³-hybridized carbons (Fsp3) is 0.185. The van der Waals surface area contributed by atoms with Gasteiger partial charge in [-0.25, -0.2) is 18.1 Å². The van der Waals surface area contributed by atoms with Gasteiger partial charge >= 0.3 is 0 Å². The van der Waals surface area contributed by atoms with E-state index in [4.69, 9.17) is 4.74 Å². The molecule has 0 unspecified atom stereocenters. The molecular formula is C27H26N4O3S. The Kier molecular flexibility index (Phi) is 6.63. The van der Waals surface area contributed by atoms with Gasteiger partial charge in [0.25, 0.3) is 10.0 Å². The summed E-state index contributed by atoms with van der Waals surface area (Å²) in [6.07, 6.45) is 3.51. The number of sulfonamides is 1. The van der Waals surface area contributed by atoms with Gasteiger partial charge in [-0.3, -0.25) is 0 Å². The number of piperidine rings is 1. The summed E-state index contributed by atoms with van der Waals surface area (Å²) in [6.45, 7) is 1.95. The number of benzene rings is 3. The van der Waals surface area contributed by atoms with Crippen molar-refractivity contribution in [3.63, 3.8) is 0 Å². The molecule has 0 saturated carbocycles. The predicted octanol–water partition coefficient (Wildman–Crippen LogP) is 5.73. The summed E-state index contributed by atoms with van der Waals surface area (Å²) in [4.78, 5) is 11.5. The van der Waals surface area contributed by atoms with Crippen molar-refractivity contribution in [2.45, 2.75) is 24.2 Å². The van der Waals surface area contributed by atoms with Crippen LogP contribution in [-0.4, -0.2) is 31.5 Å². The van der Waals surface area contributed by atoms with E-state index in [1.54, 1.807) is 24.3 Å². The fourth-order valence-electron chi connectivity index (χ4n) is 4.15. The van der Waals surface area contributed by atoms with Crippen LogP contribution in [0.4, 0.5) is 11.6 Å². The summed E-state index contributed by atoms with van der Waals surface area (Å²) in [5, 5.41) is 0. The van der Waals surface area contributed by atoms with E-state index in [1.807, 2.05) is 48.5 Å². The molecule has 0 bridgehead atoms. The molecule has 2 heterocycles. The first-order valence-corrected chi connectivity index (χ1v) is 13.1. The molecule has 1 aliphatic rings. The highest BCUT2D eigenvalue weighted by molar-refractivity contribution is 7.92. The minimum Gasteiger partial charge on any atom is -0.439 e. The molecule has 1 aliphatic heterocycles. The highest BCUT2D eigenvalue weighted by Crippen LogP contribution is 2.34. The van der Waals surface area contributed by atoms with Gasteiger partial charge in [-0.15, -0.1) is 0 Å². The molecular weight excluding hydrogens is 460 g/mol. The van der Waals surface area contributed by atoms with Crippen LogP contribution in [0.5, 0.6) is 11.6 Å². The summed E-state index contributed by atoms with van der Waals surface area (Å²) in [5.41, 5.74) is 2.54. The summed E-state index contributed by atoms with van der Waals surface area (Å²) < 4.78 is 34.5. The van der Waals surface area contributed by atoms with E-state index < -0.39 is 10.0 Å². The van der Waals surface area contributed by atoms with Crippen molar-refractivity contribution >= 4 is 21.7 Å². The van der Waals surface area contributed by atoms with Crippen LogP contribution in [0.1, 0.15) is 19.3 Å². The number of nitrogens with zero attached hydrogens (tertiary/aromatic N) is 3. The Labute approximate surface area is 205 Å². The molecule has 8 heteroatoms. The van der Waals surface area contributed by atoms with Gasteiger partial charge in [0.15, 0.2) is 0 Å². The SMILES string of the molecule is O=S(=O)(Nc1nc(Oc2ccccc2)cc(-c2ccccc2N2CCCCC2)n1)c1ccccc1. The number of ether oxygens (including phenoxy) is 1. The van der Waals surface area contributed by atoms with Crippen LogP contribution in [0, 0.1) is 0 Å². The molecule has 3 aromatic carbocycles. The number of hydrogen-bond donors (Lipinski definition) is 1. The molecule has 0 spiro atoms. The first-order valence-electron chi connectivity index (χ1n) is 11.6. The molecule has 1 N–H and O–H groups in total. The zero-order valence-electron chi connectivity index (χ0n) is 19.2. The highest BCUT2D eigenvalue weighted by Gasteiger charge is 2.20. The molecule has 7 nitrogen and oxygen atoms in total. The Hall–Kier alpha value is -3.91.